The van der Waals surface area contributed by atoms with Crippen LogP contribution in [-0.2, 0) is 23.6 Å². The van der Waals surface area contributed by atoms with Crippen molar-refractivity contribution in [1.82, 2.24) is 0 Å². The molecule has 8 nitrogen and oxygen atoms in total. The van der Waals surface area contributed by atoms with Crippen LogP contribution in [0.1, 0.15) is 0 Å². The molecule has 0 saturated carbocycles. The SMILES string of the molecule is O.O.OP(O)(O)=S.OP(O)(O)=S. The van der Waals surface area contributed by atoms with Crippen molar-refractivity contribution in [3.8, 4) is 0 Å². The van der Waals surface area contributed by atoms with Crippen molar-refractivity contribution in [3.63, 3.8) is 0 Å². The first kappa shape index (κ1) is 23.1. The molecule has 0 aromatic rings. The Hall–Kier alpha value is 0.980. The fourth-order valence-corrected chi connectivity index (χ4v) is 0. The van der Waals surface area contributed by atoms with Gasteiger partial charge in [-0.1, -0.05) is 0 Å². The molecule has 0 bridgehead atoms. The molecular weight excluding hydrogens is 254 g/mol. The van der Waals surface area contributed by atoms with Crippen LogP contribution in [0.2, 0.25) is 0 Å². The second-order valence-corrected chi connectivity index (χ2v) is 6.02. The highest BCUT2D eigenvalue weighted by Gasteiger charge is 1.92. The molecular formula is H10O8P2S2. The molecule has 0 amide bonds. The zero-order valence-corrected chi connectivity index (χ0v) is 8.82. The molecule has 0 radical (unpaired) electrons. The third-order valence-electron chi connectivity index (χ3n) is 0. The van der Waals surface area contributed by atoms with E-state index in [-0.39, 0.29) is 11.0 Å². The van der Waals surface area contributed by atoms with Crippen LogP contribution >= 0.6 is 13.4 Å². The standard InChI is InChI=1S/2H3O3PS.2H2O/c2*1-4(2,3)5;;/h2*(H3,1,2,3,5);2*1H2. The fraction of sp³-hybridized carbons (Fsp3) is 0. The lowest BCUT2D eigenvalue weighted by molar-refractivity contribution is 0.361. The fourth-order valence-electron chi connectivity index (χ4n) is 0. The van der Waals surface area contributed by atoms with E-state index in [0.29, 0.717) is 0 Å². The minimum Gasteiger partial charge on any atom is -0.412 e. The largest absolute Gasteiger partial charge is 0.412 e. The Labute approximate surface area is 77.9 Å². The third-order valence-corrected chi connectivity index (χ3v) is 0. The van der Waals surface area contributed by atoms with Crippen LogP contribution < -0.4 is 0 Å². The van der Waals surface area contributed by atoms with E-state index in [2.05, 4.69) is 23.6 Å². The van der Waals surface area contributed by atoms with Crippen LogP contribution in [0, 0.1) is 0 Å². The summed E-state index contributed by atoms with van der Waals surface area (Å²) in [6.07, 6.45) is 0. The van der Waals surface area contributed by atoms with Gasteiger partial charge in [-0.15, -0.1) is 0 Å². The van der Waals surface area contributed by atoms with Gasteiger partial charge in [-0.05, 0) is 23.6 Å². The summed E-state index contributed by atoms with van der Waals surface area (Å²) in [6, 6.07) is 0. The summed E-state index contributed by atoms with van der Waals surface area (Å²) in [6.45, 7) is -7.61. The van der Waals surface area contributed by atoms with Gasteiger partial charge in [-0.2, -0.15) is 0 Å². The van der Waals surface area contributed by atoms with Crippen LogP contribution in [0.25, 0.3) is 0 Å². The lowest BCUT2D eigenvalue weighted by Crippen LogP contribution is -1.65. The van der Waals surface area contributed by atoms with Crippen molar-refractivity contribution in [3.05, 3.63) is 0 Å². The van der Waals surface area contributed by atoms with Crippen molar-refractivity contribution in [2.24, 2.45) is 0 Å². The molecule has 10 N–H and O–H groups in total. The molecule has 0 heterocycles. The molecule has 0 saturated heterocycles. The van der Waals surface area contributed by atoms with Gasteiger partial charge in [0.25, 0.3) is 0 Å². The van der Waals surface area contributed by atoms with E-state index in [1.807, 2.05) is 0 Å². The highest BCUT2D eigenvalue weighted by Crippen LogP contribution is 2.26. The predicted molar refractivity (Wildman–Crippen MR) is 49.1 cm³/mol. The van der Waals surface area contributed by atoms with Gasteiger partial charge < -0.3 is 40.3 Å². The van der Waals surface area contributed by atoms with Gasteiger partial charge in [0.15, 0.2) is 0 Å². The Balaban J connectivity index is -0.0000000457. The van der Waals surface area contributed by atoms with Gasteiger partial charge in [0, 0.05) is 0 Å². The van der Waals surface area contributed by atoms with Crippen LogP contribution in [-0.4, -0.2) is 40.3 Å². The molecule has 0 aliphatic rings. The lowest BCUT2D eigenvalue weighted by Gasteiger charge is -1.88. The van der Waals surface area contributed by atoms with E-state index in [4.69, 9.17) is 29.4 Å². The summed E-state index contributed by atoms with van der Waals surface area (Å²) in [5.41, 5.74) is 0. The smallest absolute Gasteiger partial charge is 0.319 e. The topological polar surface area (TPSA) is 184 Å². The summed E-state index contributed by atoms with van der Waals surface area (Å²) < 4.78 is 0. The van der Waals surface area contributed by atoms with Crippen molar-refractivity contribution in [1.29, 1.82) is 0 Å². The molecule has 12 heteroatoms. The second-order valence-electron chi connectivity index (χ2n) is 1.03. The van der Waals surface area contributed by atoms with E-state index in [1.165, 1.54) is 0 Å². The van der Waals surface area contributed by atoms with Gasteiger partial charge >= 0.3 is 13.4 Å². The Bertz CT molecular complexity index is 127. The van der Waals surface area contributed by atoms with Gasteiger partial charge in [0.2, 0.25) is 0 Å². The molecule has 0 unspecified atom stereocenters. The van der Waals surface area contributed by atoms with Gasteiger partial charge in [0.1, 0.15) is 0 Å². The van der Waals surface area contributed by atoms with Gasteiger partial charge in [-0.25, -0.2) is 0 Å². The normalized spacial score (nSPS) is 9.83. The highest BCUT2D eigenvalue weighted by atomic mass is 32.5. The summed E-state index contributed by atoms with van der Waals surface area (Å²) >= 11 is 7.21. The number of rotatable bonds is 0. The summed E-state index contributed by atoms with van der Waals surface area (Å²) in [7, 11) is 0. The molecule has 0 aromatic carbocycles. The molecule has 12 heavy (non-hydrogen) atoms. The maximum absolute atomic E-state index is 7.56. The average molecular weight is 264 g/mol. The minimum absolute atomic E-state index is 0. The zero-order valence-electron chi connectivity index (χ0n) is 5.39. The molecule has 0 aliphatic carbocycles. The van der Waals surface area contributed by atoms with Gasteiger partial charge in [-0.3, -0.25) is 0 Å². The second kappa shape index (κ2) is 8.57. The Morgan fingerprint density at radius 3 is 0.583 bits per heavy atom. The van der Waals surface area contributed by atoms with Crippen LogP contribution in [0.15, 0.2) is 0 Å². The molecule has 0 atom stereocenters. The molecule has 0 spiro atoms. The average Bonchev–Trinajstić information content (AvgIpc) is 1.12. The van der Waals surface area contributed by atoms with Crippen LogP contribution in [0.3, 0.4) is 0 Å². The Kier molecular flexibility index (Phi) is 16.5. The first-order valence-corrected chi connectivity index (χ1v) is 6.89. The van der Waals surface area contributed by atoms with Crippen LogP contribution in [0.4, 0.5) is 0 Å². The van der Waals surface area contributed by atoms with Crippen molar-refractivity contribution >= 4 is 37.1 Å². The number of hydrogen-bond donors (Lipinski definition) is 6. The Morgan fingerprint density at radius 1 is 0.583 bits per heavy atom. The zero-order chi connectivity index (χ0) is 9.00. The molecule has 80 valence electrons. The van der Waals surface area contributed by atoms with Gasteiger partial charge in [0.05, 0.1) is 0 Å². The first-order chi connectivity index (χ1) is 4.00. The third kappa shape index (κ3) is 1140. The van der Waals surface area contributed by atoms with Crippen molar-refractivity contribution < 1.29 is 40.3 Å². The molecule has 0 aromatic heterocycles. The summed E-state index contributed by atoms with van der Waals surface area (Å²) in [4.78, 5) is 45.3. The molecule has 0 rings (SSSR count). The quantitative estimate of drug-likeness (QED) is 0.246. The van der Waals surface area contributed by atoms with Crippen molar-refractivity contribution in [2.75, 3.05) is 0 Å². The monoisotopic (exact) mass is 264 g/mol. The molecule has 0 fully saturated rings. The van der Waals surface area contributed by atoms with Crippen LogP contribution in [0.5, 0.6) is 0 Å². The predicted octanol–water partition coefficient (Wildman–Crippen LogP) is -3.27. The molecule has 0 aliphatic heterocycles. The van der Waals surface area contributed by atoms with E-state index in [0.717, 1.165) is 0 Å². The maximum Gasteiger partial charge on any atom is 0.319 e. The van der Waals surface area contributed by atoms with E-state index < -0.39 is 13.4 Å². The lowest BCUT2D eigenvalue weighted by atomic mass is 15.8. The van der Waals surface area contributed by atoms with Crippen molar-refractivity contribution in [2.45, 2.75) is 0 Å². The van der Waals surface area contributed by atoms with E-state index in [9.17, 15) is 0 Å². The minimum atomic E-state index is -3.81. The van der Waals surface area contributed by atoms with E-state index >= 15 is 0 Å². The van der Waals surface area contributed by atoms with E-state index in [1.54, 1.807) is 0 Å². The first-order valence-electron chi connectivity index (χ1n) is 1.57. The highest BCUT2D eigenvalue weighted by molar-refractivity contribution is 8.06. The number of hydrogen-bond acceptors (Lipinski definition) is 2. The maximum atomic E-state index is 7.56. The summed E-state index contributed by atoms with van der Waals surface area (Å²) in [5, 5.41) is 0. The summed E-state index contributed by atoms with van der Waals surface area (Å²) in [5.74, 6) is 0. The Morgan fingerprint density at radius 2 is 0.583 bits per heavy atom.